The van der Waals surface area contributed by atoms with Crippen LogP contribution in [0, 0.1) is 24.6 Å². The zero-order valence-electron chi connectivity index (χ0n) is 11.0. The Bertz CT molecular complexity index is 661. The third-order valence-corrected chi connectivity index (χ3v) is 2.69. The molecule has 0 radical (unpaired) electrons. The summed E-state index contributed by atoms with van der Waals surface area (Å²) in [4.78, 5) is 4.30. The molecule has 1 aromatic carbocycles. The van der Waals surface area contributed by atoms with Crippen LogP contribution in [0.3, 0.4) is 0 Å². The minimum atomic E-state index is -0.422. The lowest BCUT2D eigenvalue weighted by Crippen LogP contribution is -2.00. The van der Waals surface area contributed by atoms with Crippen LogP contribution in [0.25, 0.3) is 0 Å². The first-order chi connectivity index (χ1) is 9.69. The first kappa shape index (κ1) is 14.4. The van der Waals surface area contributed by atoms with Crippen LogP contribution in [-0.2, 0) is 6.61 Å². The second kappa shape index (κ2) is 6.93. The number of halogens is 2. The maximum absolute atomic E-state index is 13.7. The van der Waals surface area contributed by atoms with Crippen LogP contribution >= 0.6 is 11.6 Å². The van der Waals surface area contributed by atoms with Crippen molar-refractivity contribution < 1.29 is 9.13 Å². The number of alkyl halides is 1. The van der Waals surface area contributed by atoms with Crippen molar-refractivity contribution in [3.05, 3.63) is 59.2 Å². The van der Waals surface area contributed by atoms with E-state index in [4.69, 9.17) is 16.3 Å². The van der Waals surface area contributed by atoms with Gasteiger partial charge >= 0.3 is 0 Å². The van der Waals surface area contributed by atoms with Crippen LogP contribution in [0.1, 0.15) is 17.0 Å². The van der Waals surface area contributed by atoms with E-state index < -0.39 is 5.82 Å². The predicted molar refractivity (Wildman–Crippen MR) is 77.3 cm³/mol. The van der Waals surface area contributed by atoms with Crippen LogP contribution in [0.4, 0.5) is 4.39 Å². The molecule has 0 aliphatic heterocycles. The van der Waals surface area contributed by atoms with Gasteiger partial charge in [-0.15, -0.1) is 11.6 Å². The standard InChI is InChI=1S/C16H13ClFNO/c1-12-4-2-6-14(19-12)11-20-16-10-13(5-3-9-17)7-8-15(16)18/h2,4,6-8,10H,9,11H2,1H3. The highest BCUT2D eigenvalue weighted by atomic mass is 35.5. The van der Waals surface area contributed by atoms with Gasteiger partial charge in [0, 0.05) is 11.3 Å². The Hall–Kier alpha value is -2.05. The summed E-state index contributed by atoms with van der Waals surface area (Å²) in [6.07, 6.45) is 0. The molecule has 2 aromatic rings. The number of hydrogen-bond acceptors (Lipinski definition) is 2. The van der Waals surface area contributed by atoms with Crippen LogP contribution < -0.4 is 4.74 Å². The Morgan fingerprint density at radius 2 is 2.15 bits per heavy atom. The molecule has 2 rings (SSSR count). The summed E-state index contributed by atoms with van der Waals surface area (Å²) in [6.45, 7) is 2.11. The van der Waals surface area contributed by atoms with E-state index in [0.29, 0.717) is 5.56 Å². The Labute approximate surface area is 122 Å². The number of pyridine rings is 1. The van der Waals surface area contributed by atoms with E-state index in [0.717, 1.165) is 11.4 Å². The molecule has 1 heterocycles. The number of aromatic nitrogens is 1. The van der Waals surface area contributed by atoms with E-state index in [1.807, 2.05) is 25.1 Å². The molecular formula is C16H13ClFNO. The largest absolute Gasteiger partial charge is 0.484 e. The van der Waals surface area contributed by atoms with Crippen molar-refractivity contribution >= 4 is 11.6 Å². The Morgan fingerprint density at radius 1 is 1.30 bits per heavy atom. The molecule has 0 bridgehead atoms. The highest BCUT2D eigenvalue weighted by Gasteiger charge is 2.05. The summed E-state index contributed by atoms with van der Waals surface area (Å²) in [5.41, 5.74) is 2.31. The van der Waals surface area contributed by atoms with Gasteiger partial charge in [-0.2, -0.15) is 0 Å². The van der Waals surface area contributed by atoms with E-state index in [9.17, 15) is 4.39 Å². The number of aryl methyl sites for hydroxylation is 1. The number of ether oxygens (including phenoxy) is 1. The number of benzene rings is 1. The van der Waals surface area contributed by atoms with Crippen LogP contribution in [0.15, 0.2) is 36.4 Å². The van der Waals surface area contributed by atoms with Gasteiger partial charge < -0.3 is 4.74 Å². The van der Waals surface area contributed by atoms with Gasteiger partial charge in [0.2, 0.25) is 0 Å². The van der Waals surface area contributed by atoms with Gasteiger partial charge in [-0.25, -0.2) is 4.39 Å². The SMILES string of the molecule is Cc1cccc(COc2cc(C#CCCl)ccc2F)n1. The fraction of sp³-hybridized carbons (Fsp3) is 0.188. The summed E-state index contributed by atoms with van der Waals surface area (Å²) in [6, 6.07) is 10.1. The van der Waals surface area contributed by atoms with Crippen molar-refractivity contribution in [1.29, 1.82) is 0 Å². The van der Waals surface area contributed by atoms with Crippen LogP contribution in [0.2, 0.25) is 0 Å². The van der Waals surface area contributed by atoms with Crippen molar-refractivity contribution in [1.82, 2.24) is 4.98 Å². The quantitative estimate of drug-likeness (QED) is 0.635. The van der Waals surface area contributed by atoms with Crippen molar-refractivity contribution in [2.24, 2.45) is 0 Å². The fourth-order valence-corrected chi connectivity index (χ4v) is 1.73. The summed E-state index contributed by atoms with van der Waals surface area (Å²) in [7, 11) is 0. The monoisotopic (exact) mass is 289 g/mol. The number of rotatable bonds is 3. The summed E-state index contributed by atoms with van der Waals surface area (Å²) >= 11 is 5.49. The molecule has 0 N–H and O–H groups in total. The molecule has 0 spiro atoms. The lowest BCUT2D eigenvalue weighted by Gasteiger charge is -2.07. The molecule has 0 fully saturated rings. The molecular weight excluding hydrogens is 277 g/mol. The van der Waals surface area contributed by atoms with Gasteiger partial charge in [-0.05, 0) is 37.3 Å². The smallest absolute Gasteiger partial charge is 0.165 e. The topological polar surface area (TPSA) is 22.1 Å². The van der Waals surface area contributed by atoms with Crippen molar-refractivity contribution in [2.45, 2.75) is 13.5 Å². The maximum Gasteiger partial charge on any atom is 0.165 e. The molecule has 0 saturated heterocycles. The number of nitrogens with zero attached hydrogens (tertiary/aromatic N) is 1. The summed E-state index contributed by atoms with van der Waals surface area (Å²) in [5, 5.41) is 0. The second-order valence-electron chi connectivity index (χ2n) is 4.14. The average molecular weight is 290 g/mol. The Kier molecular flexibility index (Phi) is 4.97. The lowest BCUT2D eigenvalue weighted by atomic mass is 10.2. The fourth-order valence-electron chi connectivity index (χ4n) is 1.66. The van der Waals surface area contributed by atoms with E-state index in [1.165, 1.54) is 6.07 Å². The third kappa shape index (κ3) is 3.97. The Balaban J connectivity index is 2.12. The lowest BCUT2D eigenvalue weighted by molar-refractivity contribution is 0.285. The van der Waals surface area contributed by atoms with Crippen molar-refractivity contribution in [2.75, 3.05) is 5.88 Å². The van der Waals surface area contributed by atoms with Crippen molar-refractivity contribution in [3.63, 3.8) is 0 Å². The molecule has 0 saturated carbocycles. The molecule has 1 aromatic heterocycles. The van der Waals surface area contributed by atoms with Gasteiger partial charge in [0.1, 0.15) is 6.61 Å². The molecule has 0 unspecified atom stereocenters. The molecule has 102 valence electrons. The molecule has 0 atom stereocenters. The maximum atomic E-state index is 13.7. The third-order valence-electron chi connectivity index (χ3n) is 2.55. The first-order valence-electron chi connectivity index (χ1n) is 6.09. The zero-order chi connectivity index (χ0) is 14.4. The minimum absolute atomic E-state index is 0.162. The molecule has 20 heavy (non-hydrogen) atoms. The van der Waals surface area contributed by atoms with E-state index in [-0.39, 0.29) is 18.2 Å². The van der Waals surface area contributed by atoms with Gasteiger partial charge in [0.25, 0.3) is 0 Å². The molecule has 0 amide bonds. The summed E-state index contributed by atoms with van der Waals surface area (Å²) in [5.74, 6) is 5.52. The van der Waals surface area contributed by atoms with Gasteiger partial charge in [0.05, 0.1) is 11.6 Å². The van der Waals surface area contributed by atoms with Gasteiger partial charge in [0.15, 0.2) is 11.6 Å². The Morgan fingerprint density at radius 3 is 2.90 bits per heavy atom. The van der Waals surface area contributed by atoms with E-state index in [2.05, 4.69) is 16.8 Å². The number of hydrogen-bond donors (Lipinski definition) is 0. The zero-order valence-corrected chi connectivity index (χ0v) is 11.7. The van der Waals surface area contributed by atoms with E-state index >= 15 is 0 Å². The average Bonchev–Trinajstić information content (AvgIpc) is 2.45. The summed E-state index contributed by atoms with van der Waals surface area (Å²) < 4.78 is 19.1. The van der Waals surface area contributed by atoms with Gasteiger partial charge in [-0.3, -0.25) is 4.98 Å². The second-order valence-corrected chi connectivity index (χ2v) is 4.41. The van der Waals surface area contributed by atoms with Crippen molar-refractivity contribution in [3.8, 4) is 17.6 Å². The van der Waals surface area contributed by atoms with Gasteiger partial charge in [-0.1, -0.05) is 17.9 Å². The van der Waals surface area contributed by atoms with E-state index in [1.54, 1.807) is 12.1 Å². The first-order valence-corrected chi connectivity index (χ1v) is 6.62. The molecule has 4 heteroatoms. The molecule has 0 aliphatic rings. The highest BCUT2D eigenvalue weighted by molar-refractivity contribution is 6.19. The molecule has 0 aliphatic carbocycles. The molecule has 2 nitrogen and oxygen atoms in total. The normalized spacial score (nSPS) is 9.75. The highest BCUT2D eigenvalue weighted by Crippen LogP contribution is 2.19. The van der Waals surface area contributed by atoms with Crippen LogP contribution in [0.5, 0.6) is 5.75 Å². The minimum Gasteiger partial charge on any atom is -0.484 e. The predicted octanol–water partition coefficient (Wildman–Crippen LogP) is 3.70. The van der Waals surface area contributed by atoms with Crippen LogP contribution in [-0.4, -0.2) is 10.9 Å².